The van der Waals surface area contributed by atoms with Gasteiger partial charge >= 0.3 is 0 Å². The van der Waals surface area contributed by atoms with Crippen molar-refractivity contribution in [2.45, 2.75) is 26.8 Å². The van der Waals surface area contributed by atoms with Gasteiger partial charge in [0.1, 0.15) is 0 Å². The molecule has 2 heteroatoms. The molecule has 3 aromatic carbocycles. The fraction of sp³-hybridized carbons (Fsp3) is 0.156. The highest BCUT2D eigenvalue weighted by molar-refractivity contribution is 5.95. The second-order valence-corrected chi connectivity index (χ2v) is 8.41. The Balaban J connectivity index is 0.000000277. The molecule has 1 heterocycles. The Hall–Kier alpha value is -3.75. The minimum Gasteiger partial charge on any atom is -0.319 e. The van der Waals surface area contributed by atoms with Crippen LogP contribution in [-0.2, 0) is 0 Å². The molecule has 4 aromatic rings. The molecular formula is C32H34N2. The largest absolute Gasteiger partial charge is 0.319 e. The van der Waals surface area contributed by atoms with Crippen molar-refractivity contribution in [3.63, 3.8) is 0 Å². The zero-order valence-corrected chi connectivity index (χ0v) is 20.4. The zero-order chi connectivity index (χ0) is 24.3. The van der Waals surface area contributed by atoms with Gasteiger partial charge in [0.15, 0.2) is 0 Å². The normalized spacial score (nSPS) is 12.4. The summed E-state index contributed by atoms with van der Waals surface area (Å²) < 4.78 is 0. The standard InChI is InChI=1S/C22H18N2.C10H16/c23-22(17-9-2-1-3-10-17)21-15-7-14-20(24-21)19-13-6-11-16-8-4-5-12-18(16)19;1-5-7-8-10(6-2)9(3)4/h1-15,22H,23H2;5-9H,2H2,1,3-4H3/b;7-5-,10-8+. The molecule has 0 saturated carbocycles. The number of fused-ring (bicyclic) bond motifs is 1. The van der Waals surface area contributed by atoms with E-state index in [4.69, 9.17) is 10.7 Å². The van der Waals surface area contributed by atoms with Crippen LogP contribution in [0.25, 0.3) is 22.0 Å². The van der Waals surface area contributed by atoms with Gasteiger partial charge in [-0.3, -0.25) is 4.98 Å². The van der Waals surface area contributed by atoms with Crippen LogP contribution in [0.3, 0.4) is 0 Å². The average Bonchev–Trinajstić information content (AvgIpc) is 2.89. The molecule has 2 N–H and O–H groups in total. The van der Waals surface area contributed by atoms with Crippen LogP contribution in [0.15, 0.2) is 127 Å². The van der Waals surface area contributed by atoms with Crippen LogP contribution in [0.1, 0.15) is 38.1 Å². The maximum absolute atomic E-state index is 6.41. The first-order chi connectivity index (χ1) is 16.5. The topological polar surface area (TPSA) is 38.9 Å². The van der Waals surface area contributed by atoms with Crippen LogP contribution in [0.5, 0.6) is 0 Å². The number of pyridine rings is 1. The summed E-state index contributed by atoms with van der Waals surface area (Å²) in [7, 11) is 0. The Morgan fingerprint density at radius 2 is 1.53 bits per heavy atom. The molecule has 0 amide bonds. The molecule has 1 atom stereocenters. The van der Waals surface area contributed by atoms with Crippen LogP contribution in [0.4, 0.5) is 0 Å². The number of aromatic nitrogens is 1. The molecule has 0 radical (unpaired) electrons. The van der Waals surface area contributed by atoms with Crippen LogP contribution in [-0.4, -0.2) is 4.98 Å². The maximum Gasteiger partial charge on any atom is 0.0726 e. The number of allylic oxidation sites excluding steroid dienone is 5. The smallest absolute Gasteiger partial charge is 0.0726 e. The lowest BCUT2D eigenvalue weighted by Gasteiger charge is -2.13. The van der Waals surface area contributed by atoms with Gasteiger partial charge < -0.3 is 5.73 Å². The molecule has 0 aliphatic carbocycles. The number of nitrogens with zero attached hydrogens (tertiary/aromatic N) is 1. The van der Waals surface area contributed by atoms with Crippen molar-refractivity contribution in [3.8, 4) is 11.3 Å². The minimum absolute atomic E-state index is 0.221. The molecule has 4 rings (SSSR count). The predicted octanol–water partition coefficient (Wildman–Crippen LogP) is 8.28. The molecule has 1 aromatic heterocycles. The fourth-order valence-corrected chi connectivity index (χ4v) is 3.76. The molecule has 2 nitrogen and oxygen atoms in total. The van der Waals surface area contributed by atoms with Crippen molar-refractivity contribution in [3.05, 3.63) is 139 Å². The van der Waals surface area contributed by atoms with E-state index in [0.717, 1.165) is 22.5 Å². The number of nitrogens with two attached hydrogens (primary N) is 1. The third-order valence-electron chi connectivity index (χ3n) is 5.70. The Morgan fingerprint density at radius 3 is 2.24 bits per heavy atom. The highest BCUT2D eigenvalue weighted by atomic mass is 14.8. The van der Waals surface area contributed by atoms with Gasteiger partial charge in [-0.2, -0.15) is 0 Å². The number of hydrogen-bond acceptors (Lipinski definition) is 2. The molecule has 0 aliphatic heterocycles. The Kier molecular flexibility index (Phi) is 9.13. The molecule has 0 spiro atoms. The predicted molar refractivity (Wildman–Crippen MR) is 148 cm³/mol. The molecule has 34 heavy (non-hydrogen) atoms. The molecule has 0 saturated heterocycles. The van der Waals surface area contributed by atoms with E-state index in [2.05, 4.69) is 69.0 Å². The van der Waals surface area contributed by atoms with Crippen LogP contribution >= 0.6 is 0 Å². The molecular weight excluding hydrogens is 412 g/mol. The van der Waals surface area contributed by atoms with Gasteiger partial charge in [-0.25, -0.2) is 0 Å². The second-order valence-electron chi connectivity index (χ2n) is 8.41. The summed E-state index contributed by atoms with van der Waals surface area (Å²) in [5.41, 5.74) is 11.7. The van der Waals surface area contributed by atoms with E-state index in [1.54, 1.807) is 0 Å². The molecule has 0 bridgehead atoms. The van der Waals surface area contributed by atoms with Crippen molar-refractivity contribution in [2.75, 3.05) is 0 Å². The van der Waals surface area contributed by atoms with Gasteiger partial charge in [-0.05, 0) is 46.9 Å². The molecule has 172 valence electrons. The second kappa shape index (κ2) is 12.5. The monoisotopic (exact) mass is 446 g/mol. The zero-order valence-electron chi connectivity index (χ0n) is 20.4. The van der Waals surface area contributed by atoms with E-state index in [0.29, 0.717) is 5.92 Å². The molecule has 0 aliphatic rings. The van der Waals surface area contributed by atoms with Crippen molar-refractivity contribution in [2.24, 2.45) is 11.7 Å². The van der Waals surface area contributed by atoms with Crippen LogP contribution in [0, 0.1) is 5.92 Å². The fourth-order valence-electron chi connectivity index (χ4n) is 3.76. The first-order valence-electron chi connectivity index (χ1n) is 11.8. The summed E-state index contributed by atoms with van der Waals surface area (Å²) in [4.78, 5) is 4.84. The number of hydrogen-bond donors (Lipinski definition) is 1. The summed E-state index contributed by atoms with van der Waals surface area (Å²) >= 11 is 0. The lowest BCUT2D eigenvalue weighted by molar-refractivity contribution is 0.792. The summed E-state index contributed by atoms with van der Waals surface area (Å²) in [6, 6.07) is 30.6. The van der Waals surface area contributed by atoms with E-state index in [9.17, 15) is 0 Å². The maximum atomic E-state index is 6.41. The highest BCUT2D eigenvalue weighted by Crippen LogP contribution is 2.28. The first-order valence-corrected chi connectivity index (χ1v) is 11.8. The van der Waals surface area contributed by atoms with Gasteiger partial charge in [0.25, 0.3) is 0 Å². The van der Waals surface area contributed by atoms with Crippen molar-refractivity contribution in [1.82, 2.24) is 4.98 Å². The van der Waals surface area contributed by atoms with Crippen molar-refractivity contribution < 1.29 is 0 Å². The third-order valence-corrected chi connectivity index (χ3v) is 5.70. The average molecular weight is 447 g/mol. The highest BCUT2D eigenvalue weighted by Gasteiger charge is 2.12. The van der Waals surface area contributed by atoms with E-state index >= 15 is 0 Å². The van der Waals surface area contributed by atoms with Gasteiger partial charge in [0.05, 0.1) is 17.4 Å². The summed E-state index contributed by atoms with van der Waals surface area (Å²) in [5.74, 6) is 0.577. The Morgan fingerprint density at radius 1 is 0.853 bits per heavy atom. The van der Waals surface area contributed by atoms with Crippen LogP contribution in [0.2, 0.25) is 0 Å². The Bertz CT molecular complexity index is 1260. The van der Waals surface area contributed by atoms with E-state index < -0.39 is 0 Å². The lowest BCUT2D eigenvalue weighted by Crippen LogP contribution is -2.13. The summed E-state index contributed by atoms with van der Waals surface area (Å²) in [5, 5.41) is 2.42. The van der Waals surface area contributed by atoms with Crippen molar-refractivity contribution >= 4 is 10.8 Å². The van der Waals surface area contributed by atoms with E-state index in [1.807, 2.05) is 73.7 Å². The quantitative estimate of drug-likeness (QED) is 0.303. The molecule has 1 unspecified atom stereocenters. The van der Waals surface area contributed by atoms with E-state index in [-0.39, 0.29) is 6.04 Å². The number of rotatable bonds is 6. The SMILES string of the molecule is C=C/C(=C\C=C/C)C(C)C.NC(c1ccccc1)c1cccc(-c2cccc3ccccc23)n1. The third kappa shape index (κ3) is 6.40. The lowest BCUT2D eigenvalue weighted by atomic mass is 10.00. The van der Waals surface area contributed by atoms with Gasteiger partial charge in [0, 0.05) is 5.56 Å². The van der Waals surface area contributed by atoms with Gasteiger partial charge in [0.2, 0.25) is 0 Å². The van der Waals surface area contributed by atoms with E-state index in [1.165, 1.54) is 16.3 Å². The van der Waals surface area contributed by atoms with Gasteiger partial charge in [-0.1, -0.05) is 124 Å². The summed E-state index contributed by atoms with van der Waals surface area (Å²) in [6.07, 6.45) is 8.06. The van der Waals surface area contributed by atoms with Crippen LogP contribution < -0.4 is 5.73 Å². The molecule has 0 fully saturated rings. The summed E-state index contributed by atoms with van der Waals surface area (Å²) in [6.45, 7) is 10.1. The minimum atomic E-state index is -0.221. The van der Waals surface area contributed by atoms with Gasteiger partial charge in [-0.15, -0.1) is 0 Å². The number of benzene rings is 3. The first kappa shape index (κ1) is 24.9. The Labute approximate surface area is 204 Å². The van der Waals surface area contributed by atoms with Crippen molar-refractivity contribution in [1.29, 1.82) is 0 Å².